The van der Waals surface area contributed by atoms with Gasteiger partial charge in [-0.1, -0.05) is 15.9 Å². The average Bonchev–Trinajstić information content (AvgIpc) is 2.81. The molecule has 0 aromatic heterocycles. The fourth-order valence-electron chi connectivity index (χ4n) is 2.27. The molecule has 1 saturated heterocycles. The summed E-state index contributed by atoms with van der Waals surface area (Å²) >= 11 is 3.34. The van der Waals surface area contributed by atoms with Crippen LogP contribution in [0.25, 0.3) is 0 Å². The zero-order valence-electron chi connectivity index (χ0n) is 10.2. The zero-order chi connectivity index (χ0) is 13.2. The Labute approximate surface area is 114 Å². The molecule has 1 heterocycles. The molecule has 0 bridgehead atoms. The monoisotopic (exact) mass is 317 g/mol. The Morgan fingerprint density at radius 2 is 2.39 bits per heavy atom. The summed E-state index contributed by atoms with van der Waals surface area (Å²) in [6.07, 6.45) is 0.740. The second-order valence-electron chi connectivity index (χ2n) is 4.77. The second-order valence-corrected chi connectivity index (χ2v) is 5.69. The van der Waals surface area contributed by atoms with Crippen LogP contribution in [0.3, 0.4) is 0 Å². The topological polar surface area (TPSA) is 41.5 Å². The first-order valence-electron chi connectivity index (χ1n) is 5.97. The van der Waals surface area contributed by atoms with Crippen LogP contribution >= 0.6 is 15.9 Å². The first-order chi connectivity index (χ1) is 8.56. The number of hydrogen-bond acceptors (Lipinski definition) is 3. The van der Waals surface area contributed by atoms with Crippen LogP contribution in [0.5, 0.6) is 0 Å². The Morgan fingerprint density at radius 1 is 1.61 bits per heavy atom. The number of ether oxygens (including phenoxy) is 1. The Kier molecular flexibility index (Phi) is 4.37. The molecule has 0 spiro atoms. The van der Waals surface area contributed by atoms with Crippen molar-refractivity contribution in [2.24, 2.45) is 0 Å². The molecular weight excluding hydrogens is 301 g/mol. The minimum atomic E-state index is -0.450. The molecule has 1 aromatic rings. The van der Waals surface area contributed by atoms with Gasteiger partial charge in [0.25, 0.3) is 0 Å². The SMILES string of the molecule is C[C@H](N[C@@]1(CO)CCOC1)c1cc(Br)ccc1F. The Balaban J connectivity index is 2.15. The summed E-state index contributed by atoms with van der Waals surface area (Å²) in [6, 6.07) is 4.69. The van der Waals surface area contributed by atoms with E-state index in [0.29, 0.717) is 18.8 Å². The molecule has 0 saturated carbocycles. The molecule has 18 heavy (non-hydrogen) atoms. The summed E-state index contributed by atoms with van der Waals surface area (Å²) in [5.41, 5.74) is 0.137. The van der Waals surface area contributed by atoms with Crippen molar-refractivity contribution in [3.05, 3.63) is 34.1 Å². The number of benzene rings is 1. The fraction of sp³-hybridized carbons (Fsp3) is 0.538. The first-order valence-corrected chi connectivity index (χ1v) is 6.77. The molecule has 2 atom stereocenters. The summed E-state index contributed by atoms with van der Waals surface area (Å²) < 4.78 is 19.9. The van der Waals surface area contributed by atoms with Crippen molar-refractivity contribution >= 4 is 15.9 Å². The molecule has 5 heteroatoms. The van der Waals surface area contributed by atoms with E-state index in [1.54, 1.807) is 12.1 Å². The van der Waals surface area contributed by atoms with E-state index in [9.17, 15) is 9.50 Å². The van der Waals surface area contributed by atoms with Crippen LogP contribution in [-0.2, 0) is 4.74 Å². The van der Waals surface area contributed by atoms with Gasteiger partial charge in [0.1, 0.15) is 5.82 Å². The largest absolute Gasteiger partial charge is 0.394 e. The van der Waals surface area contributed by atoms with Crippen molar-refractivity contribution in [2.45, 2.75) is 24.9 Å². The lowest BCUT2D eigenvalue weighted by Crippen LogP contribution is -2.50. The number of rotatable bonds is 4. The molecule has 2 N–H and O–H groups in total. The van der Waals surface area contributed by atoms with E-state index in [2.05, 4.69) is 21.2 Å². The molecule has 1 aromatic carbocycles. The highest BCUT2D eigenvalue weighted by atomic mass is 79.9. The van der Waals surface area contributed by atoms with Gasteiger partial charge in [0.2, 0.25) is 0 Å². The lowest BCUT2D eigenvalue weighted by atomic mass is 9.96. The maximum atomic E-state index is 13.8. The van der Waals surface area contributed by atoms with Crippen LogP contribution in [0.4, 0.5) is 4.39 Å². The Hall–Kier alpha value is -0.490. The van der Waals surface area contributed by atoms with Crippen molar-refractivity contribution in [1.29, 1.82) is 0 Å². The highest BCUT2D eigenvalue weighted by Crippen LogP contribution is 2.26. The van der Waals surface area contributed by atoms with Gasteiger partial charge in [-0.2, -0.15) is 0 Å². The van der Waals surface area contributed by atoms with E-state index < -0.39 is 5.54 Å². The molecular formula is C13H17BrFNO2. The number of aliphatic hydroxyl groups is 1. The highest BCUT2D eigenvalue weighted by Gasteiger charge is 2.35. The van der Waals surface area contributed by atoms with Gasteiger partial charge in [-0.15, -0.1) is 0 Å². The van der Waals surface area contributed by atoms with E-state index in [4.69, 9.17) is 4.74 Å². The molecule has 0 radical (unpaired) electrons. The van der Waals surface area contributed by atoms with Gasteiger partial charge >= 0.3 is 0 Å². The first kappa shape index (κ1) is 13.9. The van der Waals surface area contributed by atoms with Crippen LogP contribution in [0.1, 0.15) is 24.9 Å². The molecule has 2 rings (SSSR count). The van der Waals surface area contributed by atoms with Gasteiger partial charge in [-0.05, 0) is 31.5 Å². The summed E-state index contributed by atoms with van der Waals surface area (Å²) in [5.74, 6) is -0.245. The van der Waals surface area contributed by atoms with Gasteiger partial charge in [-0.3, -0.25) is 0 Å². The normalized spacial score (nSPS) is 25.3. The van der Waals surface area contributed by atoms with E-state index in [-0.39, 0.29) is 18.5 Å². The van der Waals surface area contributed by atoms with Crippen molar-refractivity contribution in [2.75, 3.05) is 19.8 Å². The molecule has 0 aliphatic carbocycles. The summed E-state index contributed by atoms with van der Waals surface area (Å²) in [6.45, 7) is 2.97. The highest BCUT2D eigenvalue weighted by molar-refractivity contribution is 9.10. The van der Waals surface area contributed by atoms with Gasteiger partial charge in [0.05, 0.1) is 18.8 Å². The van der Waals surface area contributed by atoms with Gasteiger partial charge in [0.15, 0.2) is 0 Å². The average molecular weight is 318 g/mol. The number of halogens is 2. The van der Waals surface area contributed by atoms with Gasteiger partial charge in [0, 0.05) is 22.7 Å². The van der Waals surface area contributed by atoms with Crippen LogP contribution < -0.4 is 5.32 Å². The standard InChI is InChI=1S/C13H17BrFNO2/c1-9(11-6-10(14)2-3-12(11)15)16-13(7-17)4-5-18-8-13/h2-3,6,9,16-17H,4-5,7-8H2,1H3/t9-,13+/m0/s1. The molecule has 1 fully saturated rings. The van der Waals surface area contributed by atoms with Crippen LogP contribution in [0.15, 0.2) is 22.7 Å². The number of aliphatic hydroxyl groups excluding tert-OH is 1. The number of hydrogen-bond donors (Lipinski definition) is 2. The fourth-order valence-corrected chi connectivity index (χ4v) is 2.65. The summed E-state index contributed by atoms with van der Waals surface area (Å²) in [5, 5.41) is 12.8. The second kappa shape index (κ2) is 5.65. The molecule has 0 amide bonds. The third-order valence-corrected chi connectivity index (χ3v) is 3.85. The minimum absolute atomic E-state index is 0.00698. The molecule has 100 valence electrons. The van der Waals surface area contributed by atoms with Crippen molar-refractivity contribution in [1.82, 2.24) is 5.32 Å². The predicted molar refractivity (Wildman–Crippen MR) is 70.9 cm³/mol. The Bertz CT molecular complexity index is 421. The summed E-state index contributed by atoms with van der Waals surface area (Å²) in [7, 11) is 0. The molecule has 0 unspecified atom stereocenters. The lowest BCUT2D eigenvalue weighted by molar-refractivity contribution is 0.113. The number of nitrogens with one attached hydrogen (secondary N) is 1. The van der Waals surface area contributed by atoms with E-state index in [0.717, 1.165) is 10.9 Å². The molecule has 1 aliphatic rings. The van der Waals surface area contributed by atoms with Crippen molar-refractivity contribution in [3.8, 4) is 0 Å². The Morgan fingerprint density at radius 3 is 3.00 bits per heavy atom. The van der Waals surface area contributed by atoms with Crippen LogP contribution in [-0.4, -0.2) is 30.5 Å². The van der Waals surface area contributed by atoms with Crippen molar-refractivity contribution in [3.63, 3.8) is 0 Å². The predicted octanol–water partition coefficient (Wildman–Crippen LogP) is 2.39. The third kappa shape index (κ3) is 2.91. The quantitative estimate of drug-likeness (QED) is 0.896. The van der Waals surface area contributed by atoms with E-state index in [1.807, 2.05) is 6.92 Å². The minimum Gasteiger partial charge on any atom is -0.394 e. The van der Waals surface area contributed by atoms with E-state index in [1.165, 1.54) is 6.07 Å². The smallest absolute Gasteiger partial charge is 0.128 e. The molecule has 3 nitrogen and oxygen atoms in total. The maximum Gasteiger partial charge on any atom is 0.128 e. The third-order valence-electron chi connectivity index (χ3n) is 3.35. The van der Waals surface area contributed by atoms with Crippen LogP contribution in [0.2, 0.25) is 0 Å². The summed E-state index contributed by atoms with van der Waals surface area (Å²) in [4.78, 5) is 0. The van der Waals surface area contributed by atoms with E-state index >= 15 is 0 Å². The molecule has 1 aliphatic heterocycles. The van der Waals surface area contributed by atoms with Crippen LogP contribution in [0, 0.1) is 5.82 Å². The van der Waals surface area contributed by atoms with Gasteiger partial charge < -0.3 is 15.2 Å². The zero-order valence-corrected chi connectivity index (χ0v) is 11.8. The van der Waals surface area contributed by atoms with Crippen molar-refractivity contribution < 1.29 is 14.2 Å². The van der Waals surface area contributed by atoms with Gasteiger partial charge in [-0.25, -0.2) is 4.39 Å². The lowest BCUT2D eigenvalue weighted by Gasteiger charge is -2.30. The maximum absolute atomic E-state index is 13.8.